The molecule has 0 fully saturated rings. The Morgan fingerprint density at radius 3 is 2.76 bits per heavy atom. The quantitative estimate of drug-likeness (QED) is 0.632. The van der Waals surface area contributed by atoms with Crippen LogP contribution in [0.2, 0.25) is 5.15 Å². The van der Waals surface area contributed by atoms with Gasteiger partial charge in [-0.2, -0.15) is 0 Å². The summed E-state index contributed by atoms with van der Waals surface area (Å²) in [6, 6.07) is 11.0. The first kappa shape index (κ1) is 10.5. The molecule has 0 amide bonds. The van der Waals surface area contributed by atoms with E-state index >= 15 is 0 Å². The van der Waals surface area contributed by atoms with E-state index in [-0.39, 0.29) is 5.56 Å². The second-order valence-corrected chi connectivity index (χ2v) is 4.85. The molecule has 0 atom stereocenters. The van der Waals surface area contributed by atoms with Crippen LogP contribution >= 0.6 is 23.1 Å². The molecule has 5 heteroatoms. The number of hydrogen-bond acceptors (Lipinski definition) is 3. The van der Waals surface area contributed by atoms with E-state index in [4.69, 9.17) is 11.6 Å². The summed E-state index contributed by atoms with van der Waals surface area (Å²) in [5, 5.41) is 1.04. The second-order valence-electron chi connectivity index (χ2n) is 3.50. The molecule has 3 nitrogen and oxygen atoms in total. The van der Waals surface area contributed by atoms with Gasteiger partial charge in [0.05, 0.1) is 15.8 Å². The van der Waals surface area contributed by atoms with Gasteiger partial charge in [-0.15, -0.1) is 0 Å². The van der Waals surface area contributed by atoms with E-state index in [2.05, 4.69) is 4.98 Å². The molecule has 2 aromatic heterocycles. The predicted molar refractivity (Wildman–Crippen MR) is 70.2 cm³/mol. The van der Waals surface area contributed by atoms with E-state index in [1.54, 1.807) is 22.3 Å². The molecule has 0 spiro atoms. The molecule has 0 saturated carbocycles. The highest BCUT2D eigenvalue weighted by atomic mass is 35.5. The average Bonchev–Trinajstić information content (AvgIpc) is 2.68. The van der Waals surface area contributed by atoms with Crippen LogP contribution in [-0.4, -0.2) is 8.94 Å². The molecule has 0 bridgehead atoms. The second kappa shape index (κ2) is 3.98. The molecular weight excluding hydrogens is 256 g/mol. The van der Waals surface area contributed by atoms with Crippen molar-refractivity contribution in [3.63, 3.8) is 0 Å². The number of benzene rings is 1. The van der Waals surface area contributed by atoms with Crippen LogP contribution in [0.4, 0.5) is 0 Å². The zero-order chi connectivity index (χ0) is 11.8. The lowest BCUT2D eigenvalue weighted by Gasteiger charge is -2.00. The fourth-order valence-corrected chi connectivity index (χ4v) is 2.93. The molecule has 0 unspecified atom stereocenters. The standard InChI is InChI=1S/C12H7ClN2OS/c13-11-9(5-3-7-14-11)15-12(16)8-4-1-2-6-10(8)17-15/h1-7H. The van der Waals surface area contributed by atoms with Gasteiger partial charge in [0.1, 0.15) is 0 Å². The summed E-state index contributed by atoms with van der Waals surface area (Å²) >= 11 is 7.37. The molecule has 0 aliphatic rings. The average molecular weight is 263 g/mol. The van der Waals surface area contributed by atoms with Gasteiger partial charge in [0.15, 0.2) is 5.15 Å². The topological polar surface area (TPSA) is 34.9 Å². The van der Waals surface area contributed by atoms with E-state index in [0.29, 0.717) is 16.2 Å². The van der Waals surface area contributed by atoms with Gasteiger partial charge < -0.3 is 0 Å². The Hall–Kier alpha value is -1.65. The number of hydrogen-bond donors (Lipinski definition) is 0. The highest BCUT2D eigenvalue weighted by molar-refractivity contribution is 7.14. The molecule has 2 heterocycles. The molecule has 0 saturated heterocycles. The number of pyridine rings is 1. The maximum absolute atomic E-state index is 12.2. The summed E-state index contributed by atoms with van der Waals surface area (Å²) in [7, 11) is 0. The van der Waals surface area contributed by atoms with Crippen molar-refractivity contribution >= 4 is 33.2 Å². The lowest BCUT2D eigenvalue weighted by atomic mass is 10.3. The van der Waals surface area contributed by atoms with Crippen molar-refractivity contribution in [2.24, 2.45) is 0 Å². The molecule has 0 radical (unpaired) electrons. The monoisotopic (exact) mass is 262 g/mol. The SMILES string of the molecule is O=c1c2ccccc2sn1-c1cccnc1Cl. The fraction of sp³-hybridized carbons (Fsp3) is 0. The van der Waals surface area contributed by atoms with E-state index < -0.39 is 0 Å². The Morgan fingerprint density at radius 2 is 2.00 bits per heavy atom. The smallest absolute Gasteiger partial charge is 0.267 e. The van der Waals surface area contributed by atoms with Crippen molar-refractivity contribution in [1.82, 2.24) is 8.94 Å². The largest absolute Gasteiger partial charge is 0.273 e. The molecule has 0 aliphatic heterocycles. The number of fused-ring (bicyclic) bond motifs is 1. The molecular formula is C12H7ClN2OS. The molecule has 84 valence electrons. The zero-order valence-electron chi connectivity index (χ0n) is 8.63. The molecule has 17 heavy (non-hydrogen) atoms. The maximum atomic E-state index is 12.2. The number of halogens is 1. The van der Waals surface area contributed by atoms with Crippen LogP contribution in [0.3, 0.4) is 0 Å². The first-order valence-corrected chi connectivity index (χ1v) is 6.14. The van der Waals surface area contributed by atoms with Crippen molar-refractivity contribution in [1.29, 1.82) is 0 Å². The van der Waals surface area contributed by atoms with Gasteiger partial charge in [-0.1, -0.05) is 35.3 Å². The van der Waals surface area contributed by atoms with Crippen LogP contribution in [0, 0.1) is 0 Å². The van der Waals surface area contributed by atoms with Crippen LogP contribution in [-0.2, 0) is 0 Å². The van der Waals surface area contributed by atoms with Crippen LogP contribution in [0.5, 0.6) is 0 Å². The Bertz CT molecular complexity index is 747. The highest BCUT2D eigenvalue weighted by Gasteiger charge is 2.11. The van der Waals surface area contributed by atoms with Gasteiger partial charge in [-0.25, -0.2) is 8.94 Å². The minimum atomic E-state index is -0.0551. The van der Waals surface area contributed by atoms with Gasteiger partial charge in [0.2, 0.25) is 0 Å². The number of nitrogens with zero attached hydrogens (tertiary/aromatic N) is 2. The Kier molecular flexibility index (Phi) is 2.46. The van der Waals surface area contributed by atoms with Gasteiger partial charge in [-0.3, -0.25) is 4.79 Å². The molecule has 0 aliphatic carbocycles. The first-order valence-electron chi connectivity index (χ1n) is 4.99. The van der Waals surface area contributed by atoms with E-state index in [9.17, 15) is 4.79 Å². The van der Waals surface area contributed by atoms with Crippen LogP contribution in [0.15, 0.2) is 47.4 Å². The van der Waals surface area contributed by atoms with E-state index in [1.165, 1.54) is 11.5 Å². The van der Waals surface area contributed by atoms with Crippen molar-refractivity contribution in [3.05, 3.63) is 58.1 Å². The fourth-order valence-electron chi connectivity index (χ4n) is 1.66. The highest BCUT2D eigenvalue weighted by Crippen LogP contribution is 2.23. The van der Waals surface area contributed by atoms with Gasteiger partial charge in [0, 0.05) is 6.20 Å². The molecule has 3 aromatic rings. The van der Waals surface area contributed by atoms with Gasteiger partial charge in [0.25, 0.3) is 5.56 Å². The summed E-state index contributed by atoms with van der Waals surface area (Å²) < 4.78 is 2.51. The summed E-state index contributed by atoms with van der Waals surface area (Å²) in [5.41, 5.74) is 0.570. The van der Waals surface area contributed by atoms with Gasteiger partial charge in [-0.05, 0) is 24.3 Å². The van der Waals surface area contributed by atoms with Crippen LogP contribution in [0.1, 0.15) is 0 Å². The summed E-state index contributed by atoms with van der Waals surface area (Å²) in [6.45, 7) is 0. The van der Waals surface area contributed by atoms with E-state index in [0.717, 1.165) is 4.70 Å². The van der Waals surface area contributed by atoms with Gasteiger partial charge >= 0.3 is 0 Å². The Morgan fingerprint density at radius 1 is 1.18 bits per heavy atom. The van der Waals surface area contributed by atoms with Crippen molar-refractivity contribution in [3.8, 4) is 5.69 Å². The van der Waals surface area contributed by atoms with E-state index in [1.807, 2.05) is 24.3 Å². The van der Waals surface area contributed by atoms with Crippen LogP contribution in [0.25, 0.3) is 15.8 Å². The normalized spacial score (nSPS) is 10.9. The lowest BCUT2D eigenvalue weighted by molar-refractivity contribution is 1.11. The molecule has 3 rings (SSSR count). The minimum absolute atomic E-state index is 0.0551. The maximum Gasteiger partial charge on any atom is 0.273 e. The van der Waals surface area contributed by atoms with Crippen molar-refractivity contribution in [2.75, 3.05) is 0 Å². The Labute approximate surface area is 106 Å². The Balaban J connectivity index is 2.36. The zero-order valence-corrected chi connectivity index (χ0v) is 10.2. The lowest BCUT2D eigenvalue weighted by Crippen LogP contribution is -2.11. The third-order valence-electron chi connectivity index (χ3n) is 2.45. The summed E-state index contributed by atoms with van der Waals surface area (Å²) in [6.07, 6.45) is 1.60. The number of aromatic nitrogens is 2. The summed E-state index contributed by atoms with van der Waals surface area (Å²) in [4.78, 5) is 16.1. The third-order valence-corrected chi connectivity index (χ3v) is 3.84. The van der Waals surface area contributed by atoms with Crippen molar-refractivity contribution < 1.29 is 0 Å². The first-order chi connectivity index (χ1) is 8.27. The van der Waals surface area contributed by atoms with Crippen molar-refractivity contribution in [2.45, 2.75) is 0 Å². The predicted octanol–water partition coefficient (Wildman–Crippen LogP) is 3.10. The van der Waals surface area contributed by atoms with Crippen LogP contribution < -0.4 is 5.56 Å². The molecule has 0 N–H and O–H groups in total. The minimum Gasteiger partial charge on any atom is -0.267 e. The third kappa shape index (κ3) is 1.66. The molecule has 1 aromatic carbocycles. The number of rotatable bonds is 1. The summed E-state index contributed by atoms with van der Waals surface area (Å²) in [5.74, 6) is 0.